The average Bonchev–Trinajstić information content (AvgIpc) is 2.61. The van der Waals surface area contributed by atoms with Crippen LogP contribution in [0.5, 0.6) is 5.75 Å². The standard InChI is InChI=1S/C18H11F3N2O2/c19-18(20,21)13-5-6-15(23-9-13)14(8-22)17(24)12-7-11-3-1-2-4-16(11)25-10-12/h1-7,9,14H,10H2. The van der Waals surface area contributed by atoms with Gasteiger partial charge in [0.15, 0.2) is 11.7 Å². The second-order valence-electron chi connectivity index (χ2n) is 5.39. The second kappa shape index (κ2) is 6.40. The third kappa shape index (κ3) is 3.38. The molecule has 1 aromatic heterocycles. The van der Waals surface area contributed by atoms with Crippen molar-refractivity contribution in [2.24, 2.45) is 0 Å². The maximum atomic E-state index is 12.6. The molecule has 1 aliphatic heterocycles. The Bertz CT molecular complexity index is 880. The summed E-state index contributed by atoms with van der Waals surface area (Å²) in [6.07, 6.45) is -2.29. The van der Waals surface area contributed by atoms with Crippen molar-refractivity contribution in [3.05, 3.63) is 65.0 Å². The Morgan fingerprint density at radius 1 is 1.24 bits per heavy atom. The van der Waals surface area contributed by atoms with Crippen molar-refractivity contribution in [1.29, 1.82) is 5.26 Å². The number of ketones is 1. The molecule has 2 aromatic rings. The Morgan fingerprint density at radius 3 is 2.64 bits per heavy atom. The molecule has 0 bridgehead atoms. The van der Waals surface area contributed by atoms with Crippen LogP contribution in [0.15, 0.2) is 48.2 Å². The molecule has 7 heteroatoms. The Kier molecular flexibility index (Phi) is 4.28. The van der Waals surface area contributed by atoms with Gasteiger partial charge in [-0.05, 0) is 24.3 Å². The number of nitrogens with zero attached hydrogens (tertiary/aromatic N) is 2. The van der Waals surface area contributed by atoms with E-state index in [1.165, 1.54) is 0 Å². The summed E-state index contributed by atoms with van der Waals surface area (Å²) in [6, 6.07) is 10.8. The van der Waals surface area contributed by atoms with Gasteiger partial charge in [-0.25, -0.2) is 0 Å². The Morgan fingerprint density at radius 2 is 2.00 bits per heavy atom. The number of rotatable bonds is 3. The maximum absolute atomic E-state index is 12.6. The topological polar surface area (TPSA) is 63.0 Å². The summed E-state index contributed by atoms with van der Waals surface area (Å²) in [5, 5.41) is 9.30. The number of pyridine rings is 1. The van der Waals surface area contributed by atoms with E-state index >= 15 is 0 Å². The molecular formula is C18H11F3N2O2. The zero-order valence-electron chi connectivity index (χ0n) is 12.7. The van der Waals surface area contributed by atoms with E-state index in [1.54, 1.807) is 30.3 Å². The van der Waals surface area contributed by atoms with Crippen LogP contribution in [-0.2, 0) is 11.0 Å². The number of carbonyl (C=O) groups excluding carboxylic acids is 1. The molecule has 0 amide bonds. The largest absolute Gasteiger partial charge is 0.488 e. The second-order valence-corrected chi connectivity index (χ2v) is 5.39. The van der Waals surface area contributed by atoms with Gasteiger partial charge in [-0.3, -0.25) is 9.78 Å². The van der Waals surface area contributed by atoms with Crippen LogP contribution < -0.4 is 4.74 Å². The number of aromatic nitrogens is 1. The monoisotopic (exact) mass is 344 g/mol. The molecule has 0 saturated heterocycles. The number of nitriles is 1. The SMILES string of the molecule is N#CC(C(=O)C1=Cc2ccccc2OC1)c1ccc(C(F)(F)F)cn1. The lowest BCUT2D eigenvalue weighted by Gasteiger charge is -2.18. The minimum absolute atomic E-state index is 0.00530. The lowest BCUT2D eigenvalue weighted by molar-refractivity contribution is -0.137. The predicted molar refractivity (Wildman–Crippen MR) is 82.5 cm³/mol. The molecule has 25 heavy (non-hydrogen) atoms. The minimum Gasteiger partial charge on any atom is -0.488 e. The number of alkyl halides is 3. The molecule has 1 unspecified atom stereocenters. The summed E-state index contributed by atoms with van der Waals surface area (Å²) >= 11 is 0. The summed E-state index contributed by atoms with van der Waals surface area (Å²) < 4.78 is 43.3. The molecule has 3 rings (SSSR count). The van der Waals surface area contributed by atoms with Gasteiger partial charge in [0, 0.05) is 17.3 Å². The number of fused-ring (bicyclic) bond motifs is 1. The fourth-order valence-corrected chi connectivity index (χ4v) is 2.45. The van der Waals surface area contributed by atoms with Gasteiger partial charge >= 0.3 is 6.18 Å². The summed E-state index contributed by atoms with van der Waals surface area (Å²) in [4.78, 5) is 16.2. The quantitative estimate of drug-likeness (QED) is 0.851. The zero-order valence-corrected chi connectivity index (χ0v) is 12.7. The number of hydrogen-bond donors (Lipinski definition) is 0. The molecule has 0 saturated carbocycles. The van der Waals surface area contributed by atoms with Crippen molar-refractivity contribution in [3.63, 3.8) is 0 Å². The lowest BCUT2D eigenvalue weighted by Crippen LogP contribution is -2.21. The van der Waals surface area contributed by atoms with E-state index in [0.29, 0.717) is 17.5 Å². The van der Waals surface area contributed by atoms with Crippen LogP contribution in [0.1, 0.15) is 22.7 Å². The summed E-state index contributed by atoms with van der Waals surface area (Å²) in [7, 11) is 0. The number of carbonyl (C=O) groups is 1. The molecule has 2 heterocycles. The van der Waals surface area contributed by atoms with E-state index in [2.05, 4.69) is 4.98 Å². The Labute approximate surface area is 141 Å². The minimum atomic E-state index is -4.53. The number of hydrogen-bond acceptors (Lipinski definition) is 4. The van der Waals surface area contributed by atoms with Crippen molar-refractivity contribution in [2.45, 2.75) is 12.1 Å². The molecule has 0 aliphatic carbocycles. The number of halogens is 3. The highest BCUT2D eigenvalue weighted by Gasteiger charge is 2.32. The van der Waals surface area contributed by atoms with Gasteiger partial charge in [0.25, 0.3) is 0 Å². The van der Waals surface area contributed by atoms with Crippen LogP contribution in [0, 0.1) is 11.3 Å². The van der Waals surface area contributed by atoms with Crippen LogP contribution >= 0.6 is 0 Å². The van der Waals surface area contributed by atoms with Gasteiger partial charge in [0.05, 0.1) is 17.3 Å². The van der Waals surface area contributed by atoms with Gasteiger partial charge in [-0.2, -0.15) is 18.4 Å². The summed E-state index contributed by atoms with van der Waals surface area (Å²) in [6.45, 7) is -0.00530. The number of Topliss-reactive ketones (excluding diaryl/α,β-unsaturated/α-hetero) is 1. The Hall–Kier alpha value is -3.14. The molecule has 0 spiro atoms. The van der Waals surface area contributed by atoms with E-state index in [0.717, 1.165) is 12.1 Å². The van der Waals surface area contributed by atoms with Gasteiger partial charge < -0.3 is 4.74 Å². The van der Waals surface area contributed by atoms with Crippen LogP contribution in [0.3, 0.4) is 0 Å². The molecule has 1 aromatic carbocycles. The van der Waals surface area contributed by atoms with Crippen molar-refractivity contribution >= 4 is 11.9 Å². The average molecular weight is 344 g/mol. The van der Waals surface area contributed by atoms with E-state index in [4.69, 9.17) is 4.74 Å². The number of benzene rings is 1. The molecule has 4 nitrogen and oxygen atoms in total. The number of ether oxygens (including phenoxy) is 1. The van der Waals surface area contributed by atoms with Crippen LogP contribution in [0.4, 0.5) is 13.2 Å². The smallest absolute Gasteiger partial charge is 0.417 e. The first-order valence-electron chi connectivity index (χ1n) is 7.29. The molecule has 0 radical (unpaired) electrons. The van der Waals surface area contributed by atoms with Crippen molar-refractivity contribution < 1.29 is 22.7 Å². The first kappa shape index (κ1) is 16.7. The van der Waals surface area contributed by atoms with Gasteiger partial charge in [0.1, 0.15) is 12.4 Å². The van der Waals surface area contributed by atoms with Gasteiger partial charge in [-0.1, -0.05) is 18.2 Å². The van der Waals surface area contributed by atoms with Crippen LogP contribution in [-0.4, -0.2) is 17.4 Å². The number of para-hydroxylation sites is 1. The first-order valence-corrected chi connectivity index (χ1v) is 7.29. The van der Waals surface area contributed by atoms with Crippen LogP contribution in [0.25, 0.3) is 6.08 Å². The highest BCUT2D eigenvalue weighted by molar-refractivity contribution is 6.06. The zero-order chi connectivity index (χ0) is 18.0. The molecule has 126 valence electrons. The van der Waals surface area contributed by atoms with Gasteiger partial charge in [0.2, 0.25) is 0 Å². The molecule has 0 N–H and O–H groups in total. The molecular weight excluding hydrogens is 333 g/mol. The highest BCUT2D eigenvalue weighted by atomic mass is 19.4. The molecule has 1 atom stereocenters. The van der Waals surface area contributed by atoms with E-state index < -0.39 is 23.4 Å². The Balaban J connectivity index is 1.88. The summed E-state index contributed by atoms with van der Waals surface area (Å²) in [5.41, 5.74) is 0.0101. The summed E-state index contributed by atoms with van der Waals surface area (Å²) in [5.74, 6) is -1.20. The van der Waals surface area contributed by atoms with E-state index in [1.807, 2.05) is 6.07 Å². The first-order chi connectivity index (χ1) is 11.9. The highest BCUT2D eigenvalue weighted by Crippen LogP contribution is 2.31. The third-order valence-electron chi connectivity index (χ3n) is 3.75. The van der Waals surface area contributed by atoms with E-state index in [-0.39, 0.29) is 17.9 Å². The van der Waals surface area contributed by atoms with Crippen molar-refractivity contribution in [2.75, 3.05) is 6.61 Å². The molecule has 0 fully saturated rings. The van der Waals surface area contributed by atoms with Crippen LogP contribution in [0.2, 0.25) is 0 Å². The third-order valence-corrected chi connectivity index (χ3v) is 3.75. The maximum Gasteiger partial charge on any atom is 0.417 e. The van der Waals surface area contributed by atoms with E-state index in [9.17, 15) is 23.2 Å². The van der Waals surface area contributed by atoms with Gasteiger partial charge in [-0.15, -0.1) is 0 Å². The molecule has 1 aliphatic rings. The predicted octanol–water partition coefficient (Wildman–Crippen LogP) is 3.75. The fraction of sp³-hybridized carbons (Fsp3) is 0.167. The van der Waals surface area contributed by atoms with Crippen molar-refractivity contribution in [3.8, 4) is 11.8 Å². The normalized spacial score (nSPS) is 14.6. The lowest BCUT2D eigenvalue weighted by atomic mass is 9.93. The fourth-order valence-electron chi connectivity index (χ4n) is 2.45. The van der Waals surface area contributed by atoms with Crippen molar-refractivity contribution in [1.82, 2.24) is 4.98 Å².